The fourth-order valence-corrected chi connectivity index (χ4v) is 14.9. The summed E-state index contributed by atoms with van der Waals surface area (Å²) in [4.78, 5) is 0. The van der Waals surface area contributed by atoms with E-state index < -0.39 is 22.8 Å². The second kappa shape index (κ2) is 21.4. The third-order valence-electron chi connectivity index (χ3n) is 12.6. The van der Waals surface area contributed by atoms with Crippen LogP contribution in [0.2, 0.25) is 0 Å². The van der Waals surface area contributed by atoms with Crippen LogP contribution in [0.25, 0.3) is 66.8 Å². The zero-order valence-electron chi connectivity index (χ0n) is 37.5. The Morgan fingerprint density at radius 3 is 0.746 bits per heavy atom. The van der Waals surface area contributed by atoms with Gasteiger partial charge in [0.15, 0.2) is 0 Å². The Balaban J connectivity index is 0.00000135. The van der Waals surface area contributed by atoms with Crippen LogP contribution in [0.15, 0.2) is 255 Å². The predicted octanol–water partition coefficient (Wildman–Crippen LogP) is 16.0. The van der Waals surface area contributed by atoms with Gasteiger partial charge < -0.3 is 0 Å². The minimum atomic E-state index is -3.34. The Morgan fingerprint density at radius 2 is 0.537 bits per heavy atom. The zero-order chi connectivity index (χ0) is 46.2. The van der Waals surface area contributed by atoms with Gasteiger partial charge >= 0.3 is 42.6 Å². The van der Waals surface area contributed by atoms with Crippen LogP contribution in [0, 0.1) is 0 Å². The van der Waals surface area contributed by atoms with E-state index in [-0.39, 0.29) is 0 Å². The molecule has 326 valence electrons. The van der Waals surface area contributed by atoms with Crippen molar-refractivity contribution in [2.75, 3.05) is 0 Å². The van der Waals surface area contributed by atoms with Gasteiger partial charge in [0.1, 0.15) is 8.07 Å². The SMILES string of the molecule is CC(C)c1ccc[c-]1[Si](c1cc(-c2ccccc2)cc(-c2ccccc2)c1)(c1cc(-c2ccccc2)cc(-c2ccccc2)c1)c1cc(-c2ccccc2)cc(-c2ccccc2)c1.[Cl][Ti+]([Cl])[Cl]. The molecule has 0 aliphatic carbocycles. The maximum absolute atomic E-state index is 4.97. The second-order valence-electron chi connectivity index (χ2n) is 17.1. The molecule has 0 amide bonds. The van der Waals surface area contributed by atoms with E-state index in [9.17, 15) is 0 Å². The average Bonchev–Trinajstić information content (AvgIpc) is 3.89. The molecular formula is C62H49Cl3SiTi. The van der Waals surface area contributed by atoms with E-state index in [4.69, 9.17) is 27.9 Å². The van der Waals surface area contributed by atoms with Crippen molar-refractivity contribution in [2.45, 2.75) is 19.8 Å². The van der Waals surface area contributed by atoms with Crippen LogP contribution in [-0.4, -0.2) is 8.07 Å². The van der Waals surface area contributed by atoms with Gasteiger partial charge in [0.2, 0.25) is 0 Å². The molecule has 0 radical (unpaired) electrons. The maximum atomic E-state index is 4.97. The van der Waals surface area contributed by atoms with Gasteiger partial charge in [-0.1, -0.05) is 248 Å². The molecule has 0 N–H and O–H groups in total. The summed E-state index contributed by atoms with van der Waals surface area (Å²) in [5.74, 6) is 0.296. The Bertz CT molecular complexity index is 2690. The van der Waals surface area contributed by atoms with Crippen LogP contribution in [0.4, 0.5) is 0 Å². The molecule has 10 aromatic rings. The summed E-state index contributed by atoms with van der Waals surface area (Å²) in [6.07, 6.45) is 0. The molecule has 0 fully saturated rings. The van der Waals surface area contributed by atoms with Crippen LogP contribution < -0.4 is 20.7 Å². The van der Waals surface area contributed by atoms with Gasteiger partial charge in [-0.2, -0.15) is 11.6 Å². The molecule has 0 heterocycles. The Kier molecular flexibility index (Phi) is 14.8. The van der Waals surface area contributed by atoms with E-state index in [1.165, 1.54) is 93.1 Å². The number of halogens is 3. The normalized spacial score (nSPS) is 11.2. The van der Waals surface area contributed by atoms with Crippen molar-refractivity contribution in [3.8, 4) is 66.8 Å². The van der Waals surface area contributed by atoms with E-state index in [0.717, 1.165) is 0 Å². The molecule has 0 bridgehead atoms. The molecule has 0 nitrogen and oxygen atoms in total. The molecule has 0 saturated carbocycles. The first-order chi connectivity index (χ1) is 32.8. The first-order valence-corrected chi connectivity index (χ1v) is 31.1. The number of benzene rings is 9. The molecule has 0 aromatic heterocycles. The summed E-state index contributed by atoms with van der Waals surface area (Å²) in [7, 11) is 11.6. The predicted molar refractivity (Wildman–Crippen MR) is 290 cm³/mol. The van der Waals surface area contributed by atoms with Crippen LogP contribution >= 0.6 is 27.9 Å². The standard InChI is InChI=1S/C62H49Si.3ClH.Ti/c1-45(2)61-34-21-35-62(61)63(58-39-52(46-22-9-3-10-23-46)36-53(40-58)47-24-11-4-12-25-47,59-41-54(48-26-13-5-14-27-48)37-55(42-59)49-28-15-6-16-29-49)60-43-56(50-30-17-7-18-31-50)38-57(44-60)51-32-19-8-20-33-51;;;;/h3-45H,1-2H3;3*1H;/q-1;;;;+4/p-3. The molecule has 0 aliphatic heterocycles. The van der Waals surface area contributed by atoms with Gasteiger partial charge in [-0.3, -0.25) is 0 Å². The van der Waals surface area contributed by atoms with Gasteiger partial charge in [0, 0.05) is 0 Å². The molecule has 10 rings (SSSR count). The van der Waals surface area contributed by atoms with Gasteiger partial charge in [-0.25, -0.2) is 12.1 Å². The van der Waals surface area contributed by atoms with E-state index in [1.54, 1.807) is 0 Å². The fraction of sp³-hybridized carbons (Fsp3) is 0.0484. The number of rotatable bonds is 11. The monoisotopic (exact) mass is 974 g/mol. The topological polar surface area (TPSA) is 0 Å². The third kappa shape index (κ3) is 10.3. The molecule has 0 spiro atoms. The van der Waals surface area contributed by atoms with Crippen molar-refractivity contribution >= 4 is 56.7 Å². The summed E-state index contributed by atoms with van der Waals surface area (Å²) < 4.78 is 0. The molecule has 0 saturated heterocycles. The molecule has 5 heteroatoms. The second-order valence-corrected chi connectivity index (χ2v) is 28.6. The molecule has 0 unspecified atom stereocenters. The molecule has 67 heavy (non-hydrogen) atoms. The summed E-state index contributed by atoms with van der Waals surface area (Å²) in [6.45, 7) is 4.72. The number of hydrogen-bond donors (Lipinski definition) is 0. The number of hydrogen-bond acceptors (Lipinski definition) is 0. The Labute approximate surface area is 415 Å². The quantitative estimate of drug-likeness (QED) is 0.0688. The van der Waals surface area contributed by atoms with Crippen molar-refractivity contribution in [3.63, 3.8) is 0 Å². The van der Waals surface area contributed by atoms with E-state index in [0.29, 0.717) is 5.92 Å². The summed E-state index contributed by atoms with van der Waals surface area (Å²) in [5.41, 5.74) is 15.9. The molecular weight excluding hydrogens is 927 g/mol. The van der Waals surface area contributed by atoms with Gasteiger partial charge in [-0.05, 0) is 90.9 Å². The van der Waals surface area contributed by atoms with Crippen molar-refractivity contribution in [1.29, 1.82) is 0 Å². The van der Waals surface area contributed by atoms with E-state index in [2.05, 4.69) is 269 Å². The first-order valence-electron chi connectivity index (χ1n) is 22.7. The van der Waals surface area contributed by atoms with Gasteiger partial charge in [-0.15, -0.1) is 5.19 Å². The zero-order valence-corrected chi connectivity index (χ0v) is 42.3. The Morgan fingerprint density at radius 1 is 0.313 bits per heavy atom. The average molecular weight is 976 g/mol. The fourth-order valence-electron chi connectivity index (χ4n) is 9.56. The first kappa shape index (κ1) is 46.3. The van der Waals surface area contributed by atoms with Crippen LogP contribution in [0.3, 0.4) is 0 Å². The summed E-state index contributed by atoms with van der Waals surface area (Å²) in [6, 6.07) is 95.3. The van der Waals surface area contributed by atoms with Crippen LogP contribution in [0.1, 0.15) is 25.3 Å². The van der Waals surface area contributed by atoms with E-state index >= 15 is 0 Å². The van der Waals surface area contributed by atoms with E-state index in [1.807, 2.05) is 0 Å². The van der Waals surface area contributed by atoms with Crippen LogP contribution in [0.5, 0.6) is 0 Å². The van der Waals surface area contributed by atoms with Crippen molar-refractivity contribution in [1.82, 2.24) is 0 Å². The van der Waals surface area contributed by atoms with Crippen molar-refractivity contribution < 1.29 is 14.7 Å². The van der Waals surface area contributed by atoms with Crippen molar-refractivity contribution in [2.24, 2.45) is 0 Å². The Hall–Kier alpha value is -5.87. The molecule has 0 atom stereocenters. The summed E-state index contributed by atoms with van der Waals surface area (Å²) in [5, 5.41) is 5.48. The summed E-state index contributed by atoms with van der Waals surface area (Å²) >= 11 is -1.92. The third-order valence-corrected chi connectivity index (χ3v) is 17.3. The van der Waals surface area contributed by atoms with Crippen molar-refractivity contribution in [3.05, 3.63) is 260 Å². The van der Waals surface area contributed by atoms with Crippen LogP contribution in [-0.2, 0) is 14.7 Å². The molecule has 0 aliphatic rings. The van der Waals surface area contributed by atoms with Gasteiger partial charge in [0.05, 0.1) is 0 Å². The minimum absolute atomic E-state index is 0.296. The molecule has 10 aromatic carbocycles. The van der Waals surface area contributed by atoms with Gasteiger partial charge in [0.25, 0.3) is 0 Å².